The van der Waals surface area contributed by atoms with Crippen molar-refractivity contribution in [3.05, 3.63) is 71.0 Å². The number of hydrogen-bond donors (Lipinski definition) is 1. The van der Waals surface area contributed by atoms with E-state index in [1.54, 1.807) is 12.1 Å². The van der Waals surface area contributed by atoms with Gasteiger partial charge < -0.3 is 5.11 Å². The van der Waals surface area contributed by atoms with Gasteiger partial charge in [-0.05, 0) is 34.2 Å². The summed E-state index contributed by atoms with van der Waals surface area (Å²) in [6.45, 7) is 6.45. The standard InChI is InChI=1S/C17H19FO/c1-17(2,3)14-8-4-12(5-9-14)16(19)13-6-10-15(18)11-7-13/h4-11,16,19H,1-3H3. The lowest BCUT2D eigenvalue weighted by molar-refractivity contribution is 0.220. The van der Waals surface area contributed by atoms with Gasteiger partial charge in [-0.15, -0.1) is 0 Å². The highest BCUT2D eigenvalue weighted by Crippen LogP contribution is 2.26. The molecule has 2 aromatic rings. The minimum absolute atomic E-state index is 0.0966. The van der Waals surface area contributed by atoms with Crippen LogP contribution in [0, 0.1) is 5.82 Å². The summed E-state index contributed by atoms with van der Waals surface area (Å²) in [5.41, 5.74) is 2.84. The molecular formula is C17H19FO. The molecule has 1 atom stereocenters. The molecule has 0 saturated heterocycles. The molecule has 0 bridgehead atoms. The van der Waals surface area contributed by atoms with E-state index in [4.69, 9.17) is 0 Å². The van der Waals surface area contributed by atoms with Gasteiger partial charge in [0, 0.05) is 0 Å². The smallest absolute Gasteiger partial charge is 0.123 e. The molecule has 1 N–H and O–H groups in total. The second kappa shape index (κ2) is 5.14. The van der Waals surface area contributed by atoms with Gasteiger partial charge in [0.1, 0.15) is 11.9 Å². The molecule has 0 aromatic heterocycles. The van der Waals surface area contributed by atoms with Crippen LogP contribution in [0.1, 0.15) is 43.6 Å². The third kappa shape index (κ3) is 3.21. The molecule has 0 heterocycles. The van der Waals surface area contributed by atoms with Gasteiger partial charge in [-0.1, -0.05) is 57.2 Å². The molecule has 0 aliphatic rings. The summed E-state index contributed by atoms with van der Waals surface area (Å²) < 4.78 is 12.9. The molecule has 2 rings (SSSR count). The summed E-state index contributed by atoms with van der Waals surface area (Å²) in [7, 11) is 0. The van der Waals surface area contributed by atoms with E-state index >= 15 is 0 Å². The van der Waals surface area contributed by atoms with E-state index < -0.39 is 6.10 Å². The first-order valence-electron chi connectivity index (χ1n) is 6.42. The highest BCUT2D eigenvalue weighted by Gasteiger charge is 2.15. The van der Waals surface area contributed by atoms with Gasteiger partial charge >= 0.3 is 0 Å². The molecule has 100 valence electrons. The molecule has 0 fully saturated rings. The van der Waals surface area contributed by atoms with Crippen molar-refractivity contribution in [3.8, 4) is 0 Å². The predicted octanol–water partition coefficient (Wildman–Crippen LogP) is 4.20. The summed E-state index contributed by atoms with van der Waals surface area (Å²) in [4.78, 5) is 0. The first kappa shape index (κ1) is 13.8. The summed E-state index contributed by atoms with van der Waals surface area (Å²) in [5, 5.41) is 10.3. The van der Waals surface area contributed by atoms with Crippen LogP contribution < -0.4 is 0 Å². The molecule has 0 saturated carbocycles. The van der Waals surface area contributed by atoms with Gasteiger partial charge in [-0.25, -0.2) is 4.39 Å². The second-order valence-corrected chi connectivity index (χ2v) is 5.83. The molecule has 1 nitrogen and oxygen atoms in total. The van der Waals surface area contributed by atoms with E-state index in [0.29, 0.717) is 5.56 Å². The predicted molar refractivity (Wildman–Crippen MR) is 75.6 cm³/mol. The van der Waals surface area contributed by atoms with Gasteiger partial charge in [-0.3, -0.25) is 0 Å². The van der Waals surface area contributed by atoms with E-state index in [9.17, 15) is 9.50 Å². The number of aliphatic hydroxyl groups is 1. The summed E-state index contributed by atoms with van der Waals surface area (Å²) in [5.74, 6) is -0.293. The van der Waals surface area contributed by atoms with Crippen molar-refractivity contribution in [3.63, 3.8) is 0 Å². The maximum absolute atomic E-state index is 12.9. The van der Waals surface area contributed by atoms with E-state index in [0.717, 1.165) is 5.56 Å². The van der Waals surface area contributed by atoms with E-state index in [1.807, 2.05) is 24.3 Å². The molecule has 2 heteroatoms. The molecule has 0 radical (unpaired) electrons. The van der Waals surface area contributed by atoms with Crippen molar-refractivity contribution in [2.75, 3.05) is 0 Å². The average molecular weight is 258 g/mol. The minimum atomic E-state index is -0.713. The van der Waals surface area contributed by atoms with Crippen LogP contribution in [-0.4, -0.2) is 5.11 Å². The Balaban J connectivity index is 2.25. The van der Waals surface area contributed by atoms with Crippen LogP contribution in [0.5, 0.6) is 0 Å². The quantitative estimate of drug-likeness (QED) is 0.855. The largest absolute Gasteiger partial charge is 0.384 e. The number of halogens is 1. The highest BCUT2D eigenvalue weighted by molar-refractivity contribution is 5.33. The van der Waals surface area contributed by atoms with Crippen molar-refractivity contribution in [1.29, 1.82) is 0 Å². The monoisotopic (exact) mass is 258 g/mol. The fraction of sp³-hybridized carbons (Fsp3) is 0.294. The van der Waals surface area contributed by atoms with Gasteiger partial charge in [0.15, 0.2) is 0 Å². The molecule has 0 amide bonds. The molecule has 1 unspecified atom stereocenters. The normalized spacial score (nSPS) is 13.3. The number of hydrogen-bond acceptors (Lipinski definition) is 1. The van der Waals surface area contributed by atoms with E-state index in [-0.39, 0.29) is 11.2 Å². The Morgan fingerprint density at radius 3 is 1.68 bits per heavy atom. The number of rotatable bonds is 2. The first-order valence-corrected chi connectivity index (χ1v) is 6.42. The van der Waals surface area contributed by atoms with Crippen molar-refractivity contribution in [2.24, 2.45) is 0 Å². The van der Waals surface area contributed by atoms with Crippen molar-refractivity contribution in [2.45, 2.75) is 32.3 Å². The fourth-order valence-electron chi connectivity index (χ4n) is 2.00. The highest BCUT2D eigenvalue weighted by atomic mass is 19.1. The van der Waals surface area contributed by atoms with Crippen LogP contribution in [0.2, 0.25) is 0 Å². The molecular weight excluding hydrogens is 239 g/mol. The lowest BCUT2D eigenvalue weighted by Gasteiger charge is -2.20. The summed E-state index contributed by atoms with van der Waals surface area (Å²) in [6.07, 6.45) is -0.713. The minimum Gasteiger partial charge on any atom is -0.384 e. The maximum Gasteiger partial charge on any atom is 0.123 e. The molecule has 19 heavy (non-hydrogen) atoms. The van der Waals surface area contributed by atoms with Crippen LogP contribution in [0.3, 0.4) is 0 Å². The van der Waals surface area contributed by atoms with E-state index in [1.165, 1.54) is 17.7 Å². The van der Waals surface area contributed by atoms with Crippen LogP contribution >= 0.6 is 0 Å². The number of benzene rings is 2. The van der Waals surface area contributed by atoms with Gasteiger partial charge in [0.2, 0.25) is 0 Å². The van der Waals surface area contributed by atoms with Gasteiger partial charge in [0.25, 0.3) is 0 Å². The number of aliphatic hydroxyl groups excluding tert-OH is 1. The van der Waals surface area contributed by atoms with Crippen LogP contribution in [0.15, 0.2) is 48.5 Å². The van der Waals surface area contributed by atoms with Crippen LogP contribution in [-0.2, 0) is 5.41 Å². The maximum atomic E-state index is 12.9. The third-order valence-electron chi connectivity index (χ3n) is 3.28. The van der Waals surface area contributed by atoms with Crippen molar-refractivity contribution < 1.29 is 9.50 Å². The third-order valence-corrected chi connectivity index (χ3v) is 3.28. The van der Waals surface area contributed by atoms with Crippen LogP contribution in [0.4, 0.5) is 4.39 Å². The fourth-order valence-corrected chi connectivity index (χ4v) is 2.00. The summed E-state index contributed by atoms with van der Waals surface area (Å²) in [6, 6.07) is 13.9. The topological polar surface area (TPSA) is 20.2 Å². The zero-order valence-electron chi connectivity index (χ0n) is 11.5. The first-order chi connectivity index (χ1) is 8.88. The molecule has 0 aliphatic heterocycles. The SMILES string of the molecule is CC(C)(C)c1ccc(C(O)c2ccc(F)cc2)cc1. The van der Waals surface area contributed by atoms with Crippen molar-refractivity contribution in [1.82, 2.24) is 0 Å². The molecule has 0 aliphatic carbocycles. The zero-order valence-corrected chi connectivity index (χ0v) is 11.5. The molecule has 0 spiro atoms. The Morgan fingerprint density at radius 2 is 1.26 bits per heavy atom. The summed E-state index contributed by atoms with van der Waals surface area (Å²) >= 11 is 0. The van der Waals surface area contributed by atoms with E-state index in [2.05, 4.69) is 20.8 Å². The van der Waals surface area contributed by atoms with Gasteiger partial charge in [-0.2, -0.15) is 0 Å². The average Bonchev–Trinajstić information content (AvgIpc) is 2.38. The zero-order chi connectivity index (χ0) is 14.0. The Hall–Kier alpha value is -1.67. The van der Waals surface area contributed by atoms with Crippen LogP contribution in [0.25, 0.3) is 0 Å². The Labute approximate surface area is 113 Å². The Morgan fingerprint density at radius 1 is 0.842 bits per heavy atom. The molecule has 2 aromatic carbocycles. The Bertz CT molecular complexity index is 535. The lowest BCUT2D eigenvalue weighted by Crippen LogP contribution is -2.11. The Kier molecular flexibility index (Phi) is 3.72. The van der Waals surface area contributed by atoms with Gasteiger partial charge in [0.05, 0.1) is 0 Å². The van der Waals surface area contributed by atoms with Crippen molar-refractivity contribution >= 4 is 0 Å². The second-order valence-electron chi connectivity index (χ2n) is 5.83. The lowest BCUT2D eigenvalue weighted by atomic mass is 9.86.